The SMILES string of the molecule is O=C(CC1CC1)N1CCC2(COCc3cnc(NCc4ccco4)nc32)C1. The molecule has 7 nitrogen and oxygen atoms in total. The molecule has 1 aliphatic carbocycles. The third-order valence-corrected chi connectivity index (χ3v) is 5.87. The lowest BCUT2D eigenvalue weighted by atomic mass is 9.80. The number of likely N-dealkylation sites (tertiary alicyclic amines) is 1. The molecule has 5 rings (SSSR count). The van der Waals surface area contributed by atoms with E-state index in [0.717, 1.165) is 30.0 Å². The number of aromatic nitrogens is 2. The number of rotatable bonds is 5. The van der Waals surface area contributed by atoms with Gasteiger partial charge in [-0.15, -0.1) is 0 Å². The Labute approximate surface area is 158 Å². The van der Waals surface area contributed by atoms with Crippen molar-refractivity contribution in [1.82, 2.24) is 14.9 Å². The molecule has 2 aliphatic heterocycles. The van der Waals surface area contributed by atoms with Crippen LogP contribution in [0.15, 0.2) is 29.0 Å². The minimum Gasteiger partial charge on any atom is -0.467 e. The van der Waals surface area contributed by atoms with E-state index in [1.807, 2.05) is 23.2 Å². The Hall–Kier alpha value is -2.41. The van der Waals surface area contributed by atoms with E-state index >= 15 is 0 Å². The fourth-order valence-corrected chi connectivity index (χ4v) is 4.16. The van der Waals surface area contributed by atoms with Gasteiger partial charge in [0.15, 0.2) is 0 Å². The monoisotopic (exact) mass is 368 g/mol. The molecule has 2 fully saturated rings. The van der Waals surface area contributed by atoms with Gasteiger partial charge in [0.25, 0.3) is 0 Å². The molecule has 0 bridgehead atoms. The van der Waals surface area contributed by atoms with Gasteiger partial charge in [0.05, 0.1) is 37.1 Å². The molecular formula is C20H24N4O3. The Morgan fingerprint density at radius 1 is 1.41 bits per heavy atom. The Kier molecular flexibility index (Phi) is 4.11. The topological polar surface area (TPSA) is 80.5 Å². The Balaban J connectivity index is 1.35. The van der Waals surface area contributed by atoms with E-state index in [1.54, 1.807) is 6.26 Å². The molecule has 27 heavy (non-hydrogen) atoms. The second-order valence-electron chi connectivity index (χ2n) is 7.99. The van der Waals surface area contributed by atoms with Crippen molar-refractivity contribution in [3.63, 3.8) is 0 Å². The van der Waals surface area contributed by atoms with E-state index in [2.05, 4.69) is 10.3 Å². The summed E-state index contributed by atoms with van der Waals surface area (Å²) in [6.45, 7) is 3.17. The molecule has 2 aromatic rings. The number of furan rings is 1. The number of nitrogens with zero attached hydrogens (tertiary/aromatic N) is 3. The number of carbonyl (C=O) groups is 1. The van der Waals surface area contributed by atoms with Gasteiger partial charge in [-0.3, -0.25) is 4.79 Å². The van der Waals surface area contributed by atoms with Crippen LogP contribution in [0.1, 0.15) is 42.7 Å². The third kappa shape index (κ3) is 3.32. The van der Waals surface area contributed by atoms with Gasteiger partial charge in [0.2, 0.25) is 11.9 Å². The highest BCUT2D eigenvalue weighted by Gasteiger charge is 2.46. The molecule has 1 amide bonds. The zero-order valence-corrected chi connectivity index (χ0v) is 15.3. The van der Waals surface area contributed by atoms with Crippen LogP contribution >= 0.6 is 0 Å². The number of amides is 1. The lowest BCUT2D eigenvalue weighted by Crippen LogP contribution is -2.41. The Morgan fingerprint density at radius 2 is 2.33 bits per heavy atom. The highest BCUT2D eigenvalue weighted by molar-refractivity contribution is 5.77. The van der Waals surface area contributed by atoms with Crippen LogP contribution in [0.4, 0.5) is 5.95 Å². The first kappa shape index (κ1) is 16.7. The summed E-state index contributed by atoms with van der Waals surface area (Å²) < 4.78 is 11.2. The van der Waals surface area contributed by atoms with Crippen LogP contribution in [0.25, 0.3) is 0 Å². The van der Waals surface area contributed by atoms with Crippen molar-refractivity contribution in [3.8, 4) is 0 Å². The van der Waals surface area contributed by atoms with Crippen molar-refractivity contribution >= 4 is 11.9 Å². The number of hydrogen-bond acceptors (Lipinski definition) is 6. The number of carbonyl (C=O) groups excluding carboxylic acids is 1. The number of fused-ring (bicyclic) bond motifs is 2. The van der Waals surface area contributed by atoms with Crippen LogP contribution in [0.5, 0.6) is 0 Å². The molecule has 1 saturated carbocycles. The maximum Gasteiger partial charge on any atom is 0.223 e. The van der Waals surface area contributed by atoms with E-state index in [0.29, 0.717) is 44.6 Å². The number of ether oxygens (including phenoxy) is 1. The standard InChI is InChI=1S/C20H24N4O3/c25-17(8-14-3-4-14)24-6-5-20(12-24)13-26-11-15-9-21-19(23-18(15)20)22-10-16-2-1-7-27-16/h1-2,7,9,14H,3-6,8,10-13H2,(H,21,22,23). The van der Waals surface area contributed by atoms with Gasteiger partial charge >= 0.3 is 0 Å². The van der Waals surface area contributed by atoms with Gasteiger partial charge in [-0.05, 0) is 37.3 Å². The fraction of sp³-hybridized carbons (Fsp3) is 0.550. The maximum atomic E-state index is 12.6. The lowest BCUT2D eigenvalue weighted by Gasteiger charge is -2.34. The smallest absolute Gasteiger partial charge is 0.223 e. The first-order valence-corrected chi connectivity index (χ1v) is 9.70. The van der Waals surface area contributed by atoms with Crippen LogP contribution in [0.3, 0.4) is 0 Å². The molecule has 0 radical (unpaired) electrons. The van der Waals surface area contributed by atoms with E-state index in [1.165, 1.54) is 12.8 Å². The second-order valence-corrected chi connectivity index (χ2v) is 7.99. The molecule has 7 heteroatoms. The summed E-state index contributed by atoms with van der Waals surface area (Å²) in [7, 11) is 0. The molecular weight excluding hydrogens is 344 g/mol. The summed E-state index contributed by atoms with van der Waals surface area (Å²) in [4.78, 5) is 23.8. The van der Waals surface area contributed by atoms with Gasteiger partial charge in [-0.1, -0.05) is 0 Å². The van der Waals surface area contributed by atoms with Gasteiger partial charge < -0.3 is 19.4 Å². The summed E-state index contributed by atoms with van der Waals surface area (Å²) >= 11 is 0. The van der Waals surface area contributed by atoms with Crippen LogP contribution < -0.4 is 5.32 Å². The van der Waals surface area contributed by atoms with E-state index in [9.17, 15) is 4.79 Å². The summed E-state index contributed by atoms with van der Waals surface area (Å²) in [6, 6.07) is 3.78. The second kappa shape index (κ2) is 6.64. The van der Waals surface area contributed by atoms with Gasteiger partial charge in [-0.25, -0.2) is 9.97 Å². The van der Waals surface area contributed by atoms with Crippen molar-refractivity contribution in [2.24, 2.45) is 5.92 Å². The molecule has 3 aliphatic rings. The summed E-state index contributed by atoms with van der Waals surface area (Å²) in [5.41, 5.74) is 1.85. The first-order valence-electron chi connectivity index (χ1n) is 9.70. The Bertz CT molecular complexity index is 834. The zero-order chi connectivity index (χ0) is 18.3. The normalized spacial score (nSPS) is 24.2. The van der Waals surface area contributed by atoms with Crippen LogP contribution in [0.2, 0.25) is 0 Å². The van der Waals surface area contributed by atoms with Crippen molar-refractivity contribution in [1.29, 1.82) is 0 Å². The summed E-state index contributed by atoms with van der Waals surface area (Å²) in [5.74, 6) is 2.33. The fourth-order valence-electron chi connectivity index (χ4n) is 4.16. The average molecular weight is 368 g/mol. The summed E-state index contributed by atoms with van der Waals surface area (Å²) in [6.07, 6.45) is 7.50. The summed E-state index contributed by atoms with van der Waals surface area (Å²) in [5, 5.41) is 3.23. The van der Waals surface area contributed by atoms with Crippen molar-refractivity contribution in [3.05, 3.63) is 41.6 Å². The number of hydrogen-bond donors (Lipinski definition) is 1. The van der Waals surface area contributed by atoms with Crippen LogP contribution in [-0.4, -0.2) is 40.5 Å². The predicted molar refractivity (Wildman–Crippen MR) is 97.9 cm³/mol. The van der Waals surface area contributed by atoms with Crippen LogP contribution in [-0.2, 0) is 28.1 Å². The van der Waals surface area contributed by atoms with Gasteiger partial charge in [0, 0.05) is 31.3 Å². The predicted octanol–water partition coefficient (Wildman–Crippen LogP) is 2.48. The van der Waals surface area contributed by atoms with E-state index in [4.69, 9.17) is 14.1 Å². The van der Waals surface area contributed by atoms with Crippen molar-refractivity contribution in [2.75, 3.05) is 25.0 Å². The van der Waals surface area contributed by atoms with Gasteiger partial charge in [0.1, 0.15) is 5.76 Å². The zero-order valence-electron chi connectivity index (χ0n) is 15.3. The molecule has 1 N–H and O–H groups in total. The molecule has 4 heterocycles. The third-order valence-electron chi connectivity index (χ3n) is 5.87. The highest BCUT2D eigenvalue weighted by atomic mass is 16.5. The van der Waals surface area contributed by atoms with Crippen molar-refractivity contribution < 1.29 is 13.9 Å². The Morgan fingerprint density at radius 3 is 3.15 bits per heavy atom. The molecule has 142 valence electrons. The minimum absolute atomic E-state index is 0.211. The van der Waals surface area contributed by atoms with Crippen molar-refractivity contribution in [2.45, 2.75) is 44.2 Å². The van der Waals surface area contributed by atoms with Crippen LogP contribution in [0, 0.1) is 5.92 Å². The molecule has 0 aromatic carbocycles. The number of anilines is 1. The molecule has 1 atom stereocenters. The van der Waals surface area contributed by atoms with Gasteiger partial charge in [-0.2, -0.15) is 0 Å². The minimum atomic E-state index is -0.211. The molecule has 1 unspecified atom stereocenters. The molecule has 1 spiro atoms. The first-order chi connectivity index (χ1) is 13.2. The lowest BCUT2D eigenvalue weighted by molar-refractivity contribution is -0.130. The average Bonchev–Trinajstić information content (AvgIpc) is 3.18. The largest absolute Gasteiger partial charge is 0.467 e. The van der Waals surface area contributed by atoms with E-state index in [-0.39, 0.29) is 11.3 Å². The quantitative estimate of drug-likeness (QED) is 0.873. The maximum absolute atomic E-state index is 12.6. The molecule has 1 saturated heterocycles. The van der Waals surface area contributed by atoms with E-state index < -0.39 is 0 Å². The number of nitrogens with one attached hydrogen (secondary N) is 1. The highest BCUT2D eigenvalue weighted by Crippen LogP contribution is 2.40. The molecule has 2 aromatic heterocycles.